The van der Waals surface area contributed by atoms with Crippen LogP contribution in [0.2, 0.25) is 0 Å². The summed E-state index contributed by atoms with van der Waals surface area (Å²) in [4.78, 5) is 0. The Kier molecular flexibility index (Phi) is 8.13. The summed E-state index contributed by atoms with van der Waals surface area (Å²) in [5.41, 5.74) is 19.4. The monoisotopic (exact) mass is 792 g/mol. The minimum atomic E-state index is -0.0685. The Labute approximate surface area is 359 Å². The van der Waals surface area contributed by atoms with Crippen molar-refractivity contribution >= 4 is 45.7 Å². The molecule has 0 N–H and O–H groups in total. The zero-order valence-electron chi connectivity index (χ0n) is 35.1. The maximum absolute atomic E-state index is 6.66. The highest BCUT2D eigenvalue weighted by Gasteiger charge is 2.46. The first-order valence-corrected chi connectivity index (χ1v) is 23.2. The summed E-state index contributed by atoms with van der Waals surface area (Å²) in [6.07, 6.45) is 56.6. The van der Waals surface area contributed by atoms with Crippen LogP contribution >= 0.6 is 0 Å². The molecule has 0 bridgehead atoms. The second-order valence-corrected chi connectivity index (χ2v) is 19.3. The number of furan rings is 2. The number of allylic oxidation sites excluding steroid dienone is 23. The van der Waals surface area contributed by atoms with E-state index in [9.17, 15) is 0 Å². The molecule has 0 spiro atoms. The van der Waals surface area contributed by atoms with E-state index in [2.05, 4.69) is 153 Å². The van der Waals surface area contributed by atoms with E-state index in [0.717, 1.165) is 74.1 Å². The van der Waals surface area contributed by atoms with E-state index in [-0.39, 0.29) is 5.41 Å². The van der Waals surface area contributed by atoms with Gasteiger partial charge in [-0.2, -0.15) is 0 Å². The maximum atomic E-state index is 6.66. The van der Waals surface area contributed by atoms with Gasteiger partial charge in [-0.05, 0) is 162 Å². The first-order chi connectivity index (χ1) is 30.1. The first kappa shape index (κ1) is 35.9. The molecule has 5 unspecified atom stereocenters. The zero-order valence-corrected chi connectivity index (χ0v) is 35.1. The molecule has 6 atom stereocenters. The van der Waals surface area contributed by atoms with Gasteiger partial charge in [0.05, 0.1) is 0 Å². The van der Waals surface area contributed by atoms with Gasteiger partial charge >= 0.3 is 0 Å². The molecule has 2 aromatic heterocycles. The van der Waals surface area contributed by atoms with Crippen LogP contribution in [0.3, 0.4) is 0 Å². The summed E-state index contributed by atoms with van der Waals surface area (Å²) < 4.78 is 13.2. The molecular formula is C59H52O2. The molecule has 4 aromatic rings. The molecule has 0 aliphatic heterocycles. The van der Waals surface area contributed by atoms with Crippen molar-refractivity contribution in [2.45, 2.75) is 77.0 Å². The van der Waals surface area contributed by atoms with Gasteiger partial charge in [-0.15, -0.1) is 0 Å². The third kappa shape index (κ3) is 5.60. The van der Waals surface area contributed by atoms with Crippen molar-refractivity contribution in [1.29, 1.82) is 0 Å². The highest BCUT2D eigenvalue weighted by molar-refractivity contribution is 6.08. The average molecular weight is 793 g/mol. The van der Waals surface area contributed by atoms with Crippen LogP contribution in [-0.2, 0) is 12.8 Å². The van der Waals surface area contributed by atoms with Crippen LogP contribution in [-0.4, -0.2) is 0 Å². The maximum Gasteiger partial charge on any atom is 0.136 e. The van der Waals surface area contributed by atoms with Crippen LogP contribution < -0.4 is 0 Å². The van der Waals surface area contributed by atoms with Crippen molar-refractivity contribution in [3.8, 4) is 0 Å². The minimum absolute atomic E-state index is 0.0685. The zero-order chi connectivity index (χ0) is 40.2. The fourth-order valence-electron chi connectivity index (χ4n) is 13.1. The summed E-state index contributed by atoms with van der Waals surface area (Å²) in [7, 11) is 0. The predicted molar refractivity (Wildman–Crippen MR) is 253 cm³/mol. The molecule has 0 amide bonds. The number of hydrogen-bond acceptors (Lipinski definition) is 2. The van der Waals surface area contributed by atoms with Gasteiger partial charge in [0, 0.05) is 45.6 Å². The largest absolute Gasteiger partial charge is 0.457 e. The second-order valence-electron chi connectivity index (χ2n) is 19.3. The summed E-state index contributed by atoms with van der Waals surface area (Å²) in [5, 5.41) is 2.53. The van der Waals surface area contributed by atoms with Crippen LogP contribution in [0, 0.1) is 29.1 Å². The van der Waals surface area contributed by atoms with Crippen molar-refractivity contribution in [1.82, 2.24) is 0 Å². The Morgan fingerprint density at radius 2 is 1.64 bits per heavy atom. The lowest BCUT2D eigenvalue weighted by atomic mass is 9.55. The molecule has 2 heterocycles. The van der Waals surface area contributed by atoms with E-state index in [1.165, 1.54) is 73.7 Å². The Balaban J connectivity index is 0.835. The van der Waals surface area contributed by atoms with E-state index in [1.54, 1.807) is 16.7 Å². The van der Waals surface area contributed by atoms with Gasteiger partial charge in [0.15, 0.2) is 0 Å². The molecule has 61 heavy (non-hydrogen) atoms. The first-order valence-electron chi connectivity index (χ1n) is 23.2. The van der Waals surface area contributed by atoms with Crippen LogP contribution in [0.4, 0.5) is 0 Å². The summed E-state index contributed by atoms with van der Waals surface area (Å²) >= 11 is 0. The predicted octanol–water partition coefficient (Wildman–Crippen LogP) is 15.4. The fraction of sp³-hybridized carbons (Fsp3) is 0.288. The molecule has 300 valence electrons. The van der Waals surface area contributed by atoms with E-state index < -0.39 is 0 Å². The smallest absolute Gasteiger partial charge is 0.136 e. The molecule has 0 saturated heterocycles. The van der Waals surface area contributed by atoms with E-state index >= 15 is 0 Å². The molecule has 9 aliphatic rings. The van der Waals surface area contributed by atoms with Gasteiger partial charge in [0.25, 0.3) is 0 Å². The van der Waals surface area contributed by atoms with E-state index in [0.29, 0.717) is 29.6 Å². The standard InChI is InChI=1S/C59H52O2/c1-59(31-11-16-42(35-59)40-24-28-50-54(34-40)61-52-30-26-37-13-3-5-18-44(37)57(50)52)58-47-21-8-6-19-45(47)55(46-20-7-9-22-48(46)58)41-15-10-14-38(32-41)39-23-27-49-53(33-39)60-51-29-25-36-12-2-4-17-43(36)56(49)51/h2-3,6,8-16,19,21-22,24-26,28-30,33-36,41,43,47,58H,4-5,7,17-18,20,23,27,31-32H2,1H3/t36-,41?,43?,47?,58?,59?/m0/s1. The molecule has 9 aliphatic carbocycles. The summed E-state index contributed by atoms with van der Waals surface area (Å²) in [5.74, 6) is 4.31. The second kappa shape index (κ2) is 13.8. The Morgan fingerprint density at radius 1 is 0.689 bits per heavy atom. The number of fused-ring (bicyclic) bond motifs is 11. The lowest BCUT2D eigenvalue weighted by Gasteiger charge is -2.48. The molecule has 2 heteroatoms. The van der Waals surface area contributed by atoms with Crippen molar-refractivity contribution in [2.24, 2.45) is 29.1 Å². The lowest BCUT2D eigenvalue weighted by Crippen LogP contribution is -2.38. The van der Waals surface area contributed by atoms with Crippen molar-refractivity contribution in [2.75, 3.05) is 0 Å². The third-order valence-electron chi connectivity index (χ3n) is 15.9. The average Bonchev–Trinajstić information content (AvgIpc) is 3.89. The molecule has 0 saturated carbocycles. The van der Waals surface area contributed by atoms with Gasteiger partial charge in [-0.1, -0.05) is 122 Å². The van der Waals surface area contributed by atoms with Crippen molar-refractivity contribution < 1.29 is 8.83 Å². The fourth-order valence-corrected chi connectivity index (χ4v) is 13.1. The molecule has 13 rings (SSSR count). The molecular weight excluding hydrogens is 741 g/mol. The quantitative estimate of drug-likeness (QED) is 0.192. The number of benzene rings is 2. The lowest BCUT2D eigenvalue weighted by molar-refractivity contribution is 0.253. The van der Waals surface area contributed by atoms with Crippen LogP contribution in [0.15, 0.2) is 170 Å². The van der Waals surface area contributed by atoms with Gasteiger partial charge in [0.1, 0.15) is 22.7 Å². The van der Waals surface area contributed by atoms with Crippen LogP contribution in [0.1, 0.15) is 104 Å². The van der Waals surface area contributed by atoms with Crippen molar-refractivity contribution in [3.05, 3.63) is 200 Å². The van der Waals surface area contributed by atoms with Gasteiger partial charge in [-0.3, -0.25) is 0 Å². The van der Waals surface area contributed by atoms with Gasteiger partial charge in [-0.25, -0.2) is 0 Å². The molecule has 0 radical (unpaired) electrons. The molecule has 2 aromatic carbocycles. The highest BCUT2D eigenvalue weighted by atomic mass is 16.3. The third-order valence-corrected chi connectivity index (χ3v) is 15.9. The summed E-state index contributed by atoms with van der Waals surface area (Å²) in [6, 6.07) is 11.3. The normalized spacial score (nSPS) is 29.3. The molecule has 2 nitrogen and oxygen atoms in total. The highest BCUT2D eigenvalue weighted by Crippen LogP contribution is 2.57. The molecule has 0 fully saturated rings. The SMILES string of the molecule is CC1(C2C3=C(CCC=C3)C(C3C=CC=C(C4=Cc5oc6c(c5CC4)C4CCC=C[C@H]4C=C6)C3)=C3C=CC=CC32)C=C(c2ccc3c(c2)oc2ccc4c(c23)CCC=C4)C=CC1. The number of hydrogen-bond donors (Lipinski definition) is 0. The topological polar surface area (TPSA) is 26.3 Å². The van der Waals surface area contributed by atoms with E-state index in [4.69, 9.17) is 8.83 Å². The Hall–Kier alpha value is -5.86. The Morgan fingerprint density at radius 3 is 2.62 bits per heavy atom. The van der Waals surface area contributed by atoms with Crippen LogP contribution in [0.5, 0.6) is 0 Å². The number of rotatable bonds is 4. The minimum Gasteiger partial charge on any atom is -0.457 e. The van der Waals surface area contributed by atoms with E-state index in [1.807, 2.05) is 0 Å². The van der Waals surface area contributed by atoms with Crippen molar-refractivity contribution in [3.63, 3.8) is 0 Å². The van der Waals surface area contributed by atoms with Crippen LogP contribution in [0.25, 0.3) is 45.7 Å². The Bertz CT molecular complexity index is 3010. The van der Waals surface area contributed by atoms with Gasteiger partial charge in [0.2, 0.25) is 0 Å². The summed E-state index contributed by atoms with van der Waals surface area (Å²) in [6.45, 7) is 2.53. The van der Waals surface area contributed by atoms with Gasteiger partial charge < -0.3 is 8.83 Å². The number of aryl methyl sites for hydroxylation is 1.